The Morgan fingerprint density at radius 1 is 1.28 bits per heavy atom. The van der Waals surface area contributed by atoms with Crippen LogP contribution in [-0.2, 0) is 11.2 Å². The fraction of sp³-hybridized carbons (Fsp3) is 0.526. The lowest BCUT2D eigenvalue weighted by Gasteiger charge is -2.25. The summed E-state index contributed by atoms with van der Waals surface area (Å²) in [6.45, 7) is 7.78. The first-order valence-corrected chi connectivity index (χ1v) is 9.77. The number of aromatic nitrogens is 2. The molecule has 1 amide bonds. The van der Waals surface area contributed by atoms with Gasteiger partial charge in [0.05, 0.1) is 0 Å². The van der Waals surface area contributed by atoms with Crippen LogP contribution in [0.3, 0.4) is 0 Å². The standard InChI is InChI=1S/C19H28N4OS/c1-4-5-12-20-18(24)11-13-23(15(2)3)19-21-17(22-25-19)14-16-9-7-6-8-10-16/h6-10,15H,4-5,11-14H2,1-3H3,(H,20,24). The lowest BCUT2D eigenvalue weighted by atomic mass is 10.1. The second kappa shape index (κ2) is 10.1. The summed E-state index contributed by atoms with van der Waals surface area (Å²) in [6.07, 6.45) is 3.34. The zero-order valence-electron chi connectivity index (χ0n) is 15.4. The summed E-state index contributed by atoms with van der Waals surface area (Å²) in [7, 11) is 0. The van der Waals surface area contributed by atoms with Crippen molar-refractivity contribution in [2.45, 2.75) is 52.5 Å². The van der Waals surface area contributed by atoms with E-state index in [2.05, 4.69) is 52.5 Å². The number of unbranched alkanes of at least 4 members (excludes halogenated alkanes) is 1. The largest absolute Gasteiger partial charge is 0.356 e. The number of anilines is 1. The molecule has 0 aliphatic heterocycles. The number of rotatable bonds is 10. The summed E-state index contributed by atoms with van der Waals surface area (Å²) in [5, 5.41) is 3.86. The second-order valence-corrected chi connectivity index (χ2v) is 7.13. The van der Waals surface area contributed by atoms with Crippen molar-refractivity contribution in [3.05, 3.63) is 41.7 Å². The molecule has 0 saturated carbocycles. The molecule has 6 heteroatoms. The maximum absolute atomic E-state index is 12.0. The van der Waals surface area contributed by atoms with Crippen LogP contribution in [0.4, 0.5) is 5.13 Å². The molecule has 0 atom stereocenters. The molecule has 0 saturated heterocycles. The van der Waals surface area contributed by atoms with E-state index < -0.39 is 0 Å². The molecule has 0 radical (unpaired) electrons. The molecule has 1 aromatic heterocycles. The van der Waals surface area contributed by atoms with Crippen LogP contribution in [0.1, 0.15) is 51.4 Å². The van der Waals surface area contributed by atoms with Crippen LogP contribution in [-0.4, -0.2) is 34.4 Å². The monoisotopic (exact) mass is 360 g/mol. The molecular weight excluding hydrogens is 332 g/mol. The number of nitrogens with zero attached hydrogens (tertiary/aromatic N) is 3. The van der Waals surface area contributed by atoms with Crippen molar-refractivity contribution in [3.63, 3.8) is 0 Å². The van der Waals surface area contributed by atoms with Crippen LogP contribution in [0, 0.1) is 0 Å². The van der Waals surface area contributed by atoms with Gasteiger partial charge in [0.1, 0.15) is 5.82 Å². The molecule has 0 aliphatic carbocycles. The first-order valence-electron chi connectivity index (χ1n) is 9.00. The summed E-state index contributed by atoms with van der Waals surface area (Å²) in [6, 6.07) is 10.5. The number of carbonyl (C=O) groups excluding carboxylic acids is 1. The summed E-state index contributed by atoms with van der Waals surface area (Å²) in [4.78, 5) is 18.8. The third kappa shape index (κ3) is 6.46. The van der Waals surface area contributed by atoms with Crippen LogP contribution in [0.25, 0.3) is 0 Å². The normalized spacial score (nSPS) is 10.9. The maximum atomic E-state index is 12.0. The number of nitrogens with one attached hydrogen (secondary N) is 1. The Morgan fingerprint density at radius 2 is 2.04 bits per heavy atom. The van der Waals surface area contributed by atoms with Gasteiger partial charge in [0.25, 0.3) is 0 Å². The van der Waals surface area contributed by atoms with E-state index in [1.165, 1.54) is 17.1 Å². The third-order valence-electron chi connectivity index (χ3n) is 3.96. The molecule has 1 heterocycles. The van der Waals surface area contributed by atoms with Crippen molar-refractivity contribution >= 4 is 22.6 Å². The number of benzene rings is 1. The molecule has 25 heavy (non-hydrogen) atoms. The van der Waals surface area contributed by atoms with Gasteiger partial charge in [-0.05, 0) is 25.8 Å². The number of amides is 1. The quantitative estimate of drug-likeness (QED) is 0.657. The maximum Gasteiger partial charge on any atom is 0.221 e. The van der Waals surface area contributed by atoms with Gasteiger partial charge < -0.3 is 10.2 Å². The minimum absolute atomic E-state index is 0.105. The highest BCUT2D eigenvalue weighted by Gasteiger charge is 2.17. The Hall–Kier alpha value is -1.95. The van der Waals surface area contributed by atoms with E-state index in [1.807, 2.05) is 18.2 Å². The van der Waals surface area contributed by atoms with E-state index >= 15 is 0 Å². The summed E-state index contributed by atoms with van der Waals surface area (Å²) in [5.41, 5.74) is 1.21. The minimum Gasteiger partial charge on any atom is -0.356 e. The Morgan fingerprint density at radius 3 is 2.72 bits per heavy atom. The molecule has 1 N–H and O–H groups in total. The fourth-order valence-corrected chi connectivity index (χ4v) is 3.35. The molecule has 5 nitrogen and oxygen atoms in total. The Labute approximate surface area is 154 Å². The molecular formula is C19H28N4OS. The van der Waals surface area contributed by atoms with Crippen molar-refractivity contribution < 1.29 is 4.79 Å². The van der Waals surface area contributed by atoms with Crippen LogP contribution in [0.15, 0.2) is 30.3 Å². The van der Waals surface area contributed by atoms with E-state index in [0.717, 1.165) is 36.8 Å². The van der Waals surface area contributed by atoms with Gasteiger partial charge in [-0.25, -0.2) is 4.98 Å². The topological polar surface area (TPSA) is 58.1 Å². The van der Waals surface area contributed by atoms with Gasteiger partial charge >= 0.3 is 0 Å². The van der Waals surface area contributed by atoms with E-state index in [9.17, 15) is 4.79 Å². The average molecular weight is 361 g/mol. The first kappa shape index (κ1) is 19.4. The van der Waals surface area contributed by atoms with Crippen LogP contribution >= 0.6 is 11.5 Å². The third-order valence-corrected chi connectivity index (χ3v) is 4.75. The van der Waals surface area contributed by atoms with Crippen molar-refractivity contribution in [3.8, 4) is 0 Å². The SMILES string of the molecule is CCCCNC(=O)CCN(c1nc(Cc2ccccc2)ns1)C(C)C. The lowest BCUT2D eigenvalue weighted by molar-refractivity contribution is -0.120. The second-order valence-electron chi connectivity index (χ2n) is 6.40. The number of carbonyl (C=O) groups is 1. The molecule has 0 fully saturated rings. The van der Waals surface area contributed by atoms with Crippen molar-refractivity contribution in [2.24, 2.45) is 0 Å². The molecule has 0 bridgehead atoms. The van der Waals surface area contributed by atoms with E-state index in [4.69, 9.17) is 0 Å². The highest BCUT2D eigenvalue weighted by atomic mass is 32.1. The van der Waals surface area contributed by atoms with E-state index in [1.54, 1.807) is 0 Å². The molecule has 1 aromatic carbocycles. The molecule has 0 unspecified atom stereocenters. The van der Waals surface area contributed by atoms with E-state index in [0.29, 0.717) is 13.0 Å². The summed E-state index contributed by atoms with van der Waals surface area (Å²) >= 11 is 1.41. The number of hydrogen-bond acceptors (Lipinski definition) is 5. The Kier molecular flexibility index (Phi) is 7.85. The average Bonchev–Trinajstić information content (AvgIpc) is 3.04. The predicted molar refractivity (Wildman–Crippen MR) is 104 cm³/mol. The summed E-state index contributed by atoms with van der Waals surface area (Å²) < 4.78 is 4.49. The lowest BCUT2D eigenvalue weighted by Crippen LogP contribution is -2.35. The van der Waals surface area contributed by atoms with Gasteiger partial charge in [-0.2, -0.15) is 4.37 Å². The zero-order chi connectivity index (χ0) is 18.1. The molecule has 0 spiro atoms. The van der Waals surface area contributed by atoms with Gasteiger partial charge in [0, 0.05) is 43.5 Å². The van der Waals surface area contributed by atoms with Gasteiger partial charge in [-0.15, -0.1) is 0 Å². The van der Waals surface area contributed by atoms with Gasteiger partial charge in [-0.3, -0.25) is 4.79 Å². The smallest absolute Gasteiger partial charge is 0.221 e. The Balaban J connectivity index is 1.92. The van der Waals surface area contributed by atoms with E-state index in [-0.39, 0.29) is 11.9 Å². The van der Waals surface area contributed by atoms with Crippen LogP contribution in [0.2, 0.25) is 0 Å². The molecule has 136 valence electrons. The minimum atomic E-state index is 0.105. The van der Waals surface area contributed by atoms with Crippen molar-refractivity contribution in [1.29, 1.82) is 0 Å². The van der Waals surface area contributed by atoms with Crippen molar-refractivity contribution in [2.75, 3.05) is 18.0 Å². The van der Waals surface area contributed by atoms with Gasteiger partial charge in [-0.1, -0.05) is 43.7 Å². The molecule has 0 aliphatic rings. The highest BCUT2D eigenvalue weighted by Crippen LogP contribution is 2.21. The molecule has 2 aromatic rings. The summed E-state index contributed by atoms with van der Waals surface area (Å²) in [5.74, 6) is 0.942. The van der Waals surface area contributed by atoms with Gasteiger partial charge in [0.2, 0.25) is 11.0 Å². The molecule has 2 rings (SSSR count). The first-order chi connectivity index (χ1) is 12.1. The fourth-order valence-electron chi connectivity index (χ4n) is 2.50. The Bertz CT molecular complexity index is 642. The highest BCUT2D eigenvalue weighted by molar-refractivity contribution is 7.09. The van der Waals surface area contributed by atoms with Crippen molar-refractivity contribution in [1.82, 2.24) is 14.7 Å². The number of hydrogen-bond donors (Lipinski definition) is 1. The van der Waals surface area contributed by atoms with Crippen LogP contribution in [0.5, 0.6) is 0 Å². The zero-order valence-corrected chi connectivity index (χ0v) is 16.2. The van der Waals surface area contributed by atoms with Crippen LogP contribution < -0.4 is 10.2 Å². The van der Waals surface area contributed by atoms with Gasteiger partial charge in [0.15, 0.2) is 0 Å². The predicted octanol–water partition coefficient (Wildman–Crippen LogP) is 3.65.